The fourth-order valence-corrected chi connectivity index (χ4v) is 2.23. The highest BCUT2D eigenvalue weighted by atomic mass is 16.2. The zero-order valence-corrected chi connectivity index (χ0v) is 13.7. The lowest BCUT2D eigenvalue weighted by molar-refractivity contribution is 0.0946. The molecule has 1 fully saturated rings. The van der Waals surface area contributed by atoms with Gasteiger partial charge in [-0.1, -0.05) is 0 Å². The minimum atomic E-state index is -0.268. The molecule has 2 amide bonds. The summed E-state index contributed by atoms with van der Waals surface area (Å²) >= 11 is 0. The Balaban J connectivity index is 1.69. The first-order valence-corrected chi connectivity index (χ1v) is 7.88. The number of nitrogens with one attached hydrogen (secondary N) is 2. The molecule has 0 aliphatic heterocycles. The lowest BCUT2D eigenvalue weighted by Gasteiger charge is -2.13. The SMILES string of the molecule is CN(C)c1ccc(NC(=O)c2ccnc(C(=O)NC3CC3)c2)cc1. The Labute approximate surface area is 140 Å². The van der Waals surface area contributed by atoms with Crippen molar-refractivity contribution in [3.8, 4) is 0 Å². The number of nitrogens with zero attached hydrogens (tertiary/aromatic N) is 2. The van der Waals surface area contributed by atoms with E-state index in [1.807, 2.05) is 43.3 Å². The fourth-order valence-electron chi connectivity index (χ4n) is 2.23. The molecule has 0 atom stereocenters. The largest absolute Gasteiger partial charge is 0.378 e. The minimum absolute atomic E-state index is 0.234. The number of aromatic nitrogens is 1. The van der Waals surface area contributed by atoms with Gasteiger partial charge < -0.3 is 15.5 Å². The quantitative estimate of drug-likeness (QED) is 0.885. The Kier molecular flexibility index (Phi) is 4.46. The molecule has 1 aromatic heterocycles. The molecule has 1 aromatic carbocycles. The van der Waals surface area contributed by atoms with Crippen LogP contribution in [0, 0.1) is 0 Å². The van der Waals surface area contributed by atoms with Gasteiger partial charge in [0.25, 0.3) is 11.8 Å². The lowest BCUT2D eigenvalue weighted by Crippen LogP contribution is -2.26. The Morgan fingerprint density at radius 2 is 1.79 bits per heavy atom. The van der Waals surface area contributed by atoms with E-state index in [1.54, 1.807) is 6.07 Å². The number of hydrogen-bond donors (Lipinski definition) is 2. The third-order valence-corrected chi connectivity index (χ3v) is 3.81. The second-order valence-electron chi connectivity index (χ2n) is 6.07. The Bertz CT molecular complexity index is 752. The Morgan fingerprint density at radius 1 is 1.08 bits per heavy atom. The predicted octanol–water partition coefficient (Wildman–Crippen LogP) is 2.29. The lowest BCUT2D eigenvalue weighted by atomic mass is 10.2. The second kappa shape index (κ2) is 6.70. The van der Waals surface area contributed by atoms with E-state index in [-0.39, 0.29) is 23.6 Å². The number of anilines is 2. The summed E-state index contributed by atoms with van der Waals surface area (Å²) in [5, 5.41) is 5.69. The zero-order valence-electron chi connectivity index (χ0n) is 13.7. The van der Waals surface area contributed by atoms with Crippen molar-refractivity contribution < 1.29 is 9.59 Å². The number of benzene rings is 1. The molecule has 0 radical (unpaired) electrons. The fraction of sp³-hybridized carbons (Fsp3) is 0.278. The molecule has 0 saturated heterocycles. The van der Waals surface area contributed by atoms with Gasteiger partial charge in [0.2, 0.25) is 0 Å². The molecule has 3 rings (SSSR count). The van der Waals surface area contributed by atoms with Crippen LogP contribution in [0.2, 0.25) is 0 Å². The molecule has 1 heterocycles. The summed E-state index contributed by atoms with van der Waals surface area (Å²) in [6, 6.07) is 10.9. The number of amides is 2. The van der Waals surface area contributed by atoms with Crippen LogP contribution in [0.4, 0.5) is 11.4 Å². The van der Waals surface area contributed by atoms with Crippen LogP contribution in [0.1, 0.15) is 33.7 Å². The number of hydrogen-bond acceptors (Lipinski definition) is 4. The molecule has 1 saturated carbocycles. The van der Waals surface area contributed by atoms with Gasteiger partial charge in [0.1, 0.15) is 5.69 Å². The van der Waals surface area contributed by atoms with Crippen LogP contribution < -0.4 is 15.5 Å². The molecule has 1 aliphatic carbocycles. The first-order valence-electron chi connectivity index (χ1n) is 7.88. The summed E-state index contributed by atoms with van der Waals surface area (Å²) in [5.41, 5.74) is 2.42. The predicted molar refractivity (Wildman–Crippen MR) is 93.4 cm³/mol. The molecule has 124 valence electrons. The third-order valence-electron chi connectivity index (χ3n) is 3.81. The highest BCUT2D eigenvalue weighted by Gasteiger charge is 2.24. The van der Waals surface area contributed by atoms with Crippen molar-refractivity contribution in [3.63, 3.8) is 0 Å². The van der Waals surface area contributed by atoms with Crippen LogP contribution in [0.3, 0.4) is 0 Å². The molecular weight excluding hydrogens is 304 g/mol. The standard InChI is InChI=1S/C18H20N4O2/c1-22(2)15-7-5-14(6-8-15)20-17(23)12-9-10-19-16(11-12)18(24)21-13-3-4-13/h5-11,13H,3-4H2,1-2H3,(H,20,23)(H,21,24). The van der Waals surface area contributed by atoms with Gasteiger partial charge in [-0.15, -0.1) is 0 Å². The molecule has 1 aliphatic rings. The molecule has 2 N–H and O–H groups in total. The third kappa shape index (κ3) is 3.90. The highest BCUT2D eigenvalue weighted by molar-refractivity contribution is 6.05. The van der Waals surface area contributed by atoms with E-state index >= 15 is 0 Å². The number of carbonyl (C=O) groups excluding carboxylic acids is 2. The van der Waals surface area contributed by atoms with E-state index in [0.717, 1.165) is 18.5 Å². The van der Waals surface area contributed by atoms with Crippen LogP contribution in [0.15, 0.2) is 42.6 Å². The first-order chi connectivity index (χ1) is 11.5. The van der Waals surface area contributed by atoms with Crippen LogP contribution >= 0.6 is 0 Å². The molecule has 0 spiro atoms. The first kappa shape index (κ1) is 16.0. The number of rotatable bonds is 5. The van der Waals surface area contributed by atoms with Crippen molar-refractivity contribution in [2.45, 2.75) is 18.9 Å². The van der Waals surface area contributed by atoms with Gasteiger partial charge in [-0.3, -0.25) is 14.6 Å². The van der Waals surface area contributed by atoms with E-state index in [1.165, 1.54) is 12.3 Å². The minimum Gasteiger partial charge on any atom is -0.378 e. The smallest absolute Gasteiger partial charge is 0.270 e. The van der Waals surface area contributed by atoms with E-state index in [2.05, 4.69) is 15.6 Å². The topological polar surface area (TPSA) is 74.3 Å². The molecule has 2 aromatic rings. The molecule has 6 heteroatoms. The van der Waals surface area contributed by atoms with E-state index in [0.29, 0.717) is 11.3 Å². The average molecular weight is 324 g/mol. The van der Waals surface area contributed by atoms with E-state index < -0.39 is 0 Å². The van der Waals surface area contributed by atoms with Crippen LogP contribution in [-0.4, -0.2) is 36.9 Å². The van der Waals surface area contributed by atoms with Crippen LogP contribution in [-0.2, 0) is 0 Å². The summed E-state index contributed by atoms with van der Waals surface area (Å²) in [6.45, 7) is 0. The van der Waals surface area contributed by atoms with Crippen LogP contribution in [0.25, 0.3) is 0 Å². The van der Waals surface area contributed by atoms with E-state index in [4.69, 9.17) is 0 Å². The van der Waals surface area contributed by atoms with Gasteiger partial charge in [-0.2, -0.15) is 0 Å². The van der Waals surface area contributed by atoms with Crippen molar-refractivity contribution in [1.82, 2.24) is 10.3 Å². The Hall–Kier alpha value is -2.89. The van der Waals surface area contributed by atoms with Gasteiger partial charge >= 0.3 is 0 Å². The van der Waals surface area contributed by atoms with Gasteiger partial charge in [-0.25, -0.2) is 0 Å². The summed E-state index contributed by atoms with van der Waals surface area (Å²) < 4.78 is 0. The summed E-state index contributed by atoms with van der Waals surface area (Å²) in [5.74, 6) is -0.502. The van der Waals surface area contributed by atoms with Crippen molar-refractivity contribution in [3.05, 3.63) is 53.9 Å². The van der Waals surface area contributed by atoms with Crippen LogP contribution in [0.5, 0.6) is 0 Å². The molecule has 6 nitrogen and oxygen atoms in total. The summed E-state index contributed by atoms with van der Waals surface area (Å²) in [6.07, 6.45) is 3.50. The summed E-state index contributed by atoms with van der Waals surface area (Å²) in [7, 11) is 3.91. The molecule has 0 bridgehead atoms. The molecule has 0 unspecified atom stereocenters. The maximum atomic E-state index is 12.4. The van der Waals surface area contributed by atoms with Gasteiger partial charge in [0.05, 0.1) is 0 Å². The second-order valence-corrected chi connectivity index (χ2v) is 6.07. The van der Waals surface area contributed by atoms with Gasteiger partial charge in [0.15, 0.2) is 0 Å². The maximum Gasteiger partial charge on any atom is 0.270 e. The van der Waals surface area contributed by atoms with Crippen molar-refractivity contribution >= 4 is 23.2 Å². The van der Waals surface area contributed by atoms with Crippen molar-refractivity contribution in [1.29, 1.82) is 0 Å². The molecule has 24 heavy (non-hydrogen) atoms. The van der Waals surface area contributed by atoms with Crippen molar-refractivity contribution in [2.24, 2.45) is 0 Å². The number of pyridine rings is 1. The zero-order chi connectivity index (χ0) is 17.1. The van der Waals surface area contributed by atoms with Gasteiger partial charge in [-0.05, 0) is 49.2 Å². The maximum absolute atomic E-state index is 12.4. The average Bonchev–Trinajstić information content (AvgIpc) is 3.39. The highest BCUT2D eigenvalue weighted by Crippen LogP contribution is 2.19. The summed E-state index contributed by atoms with van der Waals surface area (Å²) in [4.78, 5) is 30.4. The Morgan fingerprint density at radius 3 is 2.42 bits per heavy atom. The molecular formula is C18H20N4O2. The number of carbonyl (C=O) groups is 2. The van der Waals surface area contributed by atoms with Crippen molar-refractivity contribution in [2.75, 3.05) is 24.3 Å². The monoisotopic (exact) mass is 324 g/mol. The van der Waals surface area contributed by atoms with Gasteiger partial charge in [0, 0.05) is 43.3 Å². The van der Waals surface area contributed by atoms with E-state index in [9.17, 15) is 9.59 Å². The normalized spacial score (nSPS) is 13.2.